The molecule has 132 valence electrons. The molecule has 24 heavy (non-hydrogen) atoms. The summed E-state index contributed by atoms with van der Waals surface area (Å²) in [5.41, 5.74) is 3.94. The molecule has 5 nitrogen and oxygen atoms in total. The topological polar surface area (TPSA) is 78.4 Å². The molecule has 1 aromatic rings. The number of hydrogen-bond acceptors (Lipinski definition) is 5. The quantitative estimate of drug-likeness (QED) is 0.684. The third-order valence-corrected chi connectivity index (χ3v) is 5.45. The van der Waals surface area contributed by atoms with Gasteiger partial charge in [-0.2, -0.15) is 0 Å². The van der Waals surface area contributed by atoms with Crippen molar-refractivity contribution in [3.63, 3.8) is 0 Å². The fourth-order valence-corrected chi connectivity index (χ4v) is 4.01. The lowest BCUT2D eigenvalue weighted by Crippen LogP contribution is -2.35. The molecule has 2 fully saturated rings. The van der Waals surface area contributed by atoms with Crippen molar-refractivity contribution in [3.8, 4) is 0 Å². The monoisotopic (exact) mass is 350 g/mol. The van der Waals surface area contributed by atoms with E-state index in [1.807, 2.05) is 11.8 Å². The number of thioether (sulfide) groups is 1. The van der Waals surface area contributed by atoms with Gasteiger partial charge in [0.05, 0.1) is 5.37 Å². The van der Waals surface area contributed by atoms with Crippen molar-refractivity contribution in [3.05, 3.63) is 34.9 Å². The second-order valence-electron chi connectivity index (χ2n) is 6.06. The maximum absolute atomic E-state index is 11.2. The lowest BCUT2D eigenvalue weighted by molar-refractivity contribution is -0.139. The lowest BCUT2D eigenvalue weighted by atomic mass is 9.96. The van der Waals surface area contributed by atoms with Crippen LogP contribution in [0.15, 0.2) is 18.2 Å². The average Bonchev–Trinajstić information content (AvgIpc) is 3.26. The highest BCUT2D eigenvalue weighted by molar-refractivity contribution is 7.99. The molecule has 0 aromatic heterocycles. The minimum atomic E-state index is -0.793. The van der Waals surface area contributed by atoms with E-state index in [0.29, 0.717) is 11.8 Å². The fraction of sp³-hybridized carbons (Fsp3) is 0.556. The summed E-state index contributed by atoms with van der Waals surface area (Å²) in [6.45, 7) is 2.50. The maximum atomic E-state index is 11.2. The maximum Gasteiger partial charge on any atom is 0.321 e. The number of hydrogen-bond donors (Lipinski definition) is 3. The summed E-state index contributed by atoms with van der Waals surface area (Å²) in [4.78, 5) is 20.0. The molecule has 2 aliphatic rings. The highest BCUT2D eigenvalue weighted by atomic mass is 32.2. The summed E-state index contributed by atoms with van der Waals surface area (Å²) in [7, 11) is 1.70. The Kier molecular flexibility index (Phi) is 7.27. The Balaban J connectivity index is 0.000000647. The zero-order valence-corrected chi connectivity index (χ0v) is 15.1. The normalized spacial score (nSPS) is 20.8. The van der Waals surface area contributed by atoms with Gasteiger partial charge in [-0.1, -0.05) is 18.2 Å². The summed E-state index contributed by atoms with van der Waals surface area (Å²) in [6.07, 6.45) is 3.86. The van der Waals surface area contributed by atoms with Gasteiger partial charge in [0.1, 0.15) is 12.3 Å². The molecule has 1 aliphatic heterocycles. The molecular formula is C18H26N2O3S. The lowest BCUT2D eigenvalue weighted by Gasteiger charge is -2.18. The van der Waals surface area contributed by atoms with E-state index < -0.39 is 12.0 Å². The Bertz CT molecular complexity index is 569. The summed E-state index contributed by atoms with van der Waals surface area (Å²) in [5.74, 6) is 1.07. The third kappa shape index (κ3) is 5.06. The summed E-state index contributed by atoms with van der Waals surface area (Å²) in [6, 6.07) is 6.02. The van der Waals surface area contributed by atoms with Gasteiger partial charge in [-0.15, -0.1) is 11.8 Å². The minimum absolute atomic E-state index is 0.374. The van der Waals surface area contributed by atoms with Crippen molar-refractivity contribution in [1.82, 2.24) is 10.6 Å². The van der Waals surface area contributed by atoms with E-state index >= 15 is 0 Å². The first kappa shape index (κ1) is 19.0. The number of carbonyl (C=O) groups is 2. The zero-order chi connectivity index (χ0) is 17.5. The second kappa shape index (κ2) is 9.20. The molecule has 1 aromatic carbocycles. The van der Waals surface area contributed by atoms with Gasteiger partial charge in [0.25, 0.3) is 0 Å². The van der Waals surface area contributed by atoms with Crippen LogP contribution in [-0.4, -0.2) is 42.7 Å². The number of carboxylic acids is 1. The second-order valence-corrected chi connectivity index (χ2v) is 7.27. The van der Waals surface area contributed by atoms with Gasteiger partial charge in [0.15, 0.2) is 0 Å². The minimum Gasteiger partial charge on any atom is -0.480 e. The van der Waals surface area contributed by atoms with Crippen LogP contribution >= 0.6 is 11.8 Å². The molecule has 3 N–H and O–H groups in total. The Morgan fingerprint density at radius 2 is 2.17 bits per heavy atom. The molecule has 0 amide bonds. The highest BCUT2D eigenvalue weighted by Crippen LogP contribution is 2.45. The molecule has 1 saturated carbocycles. The molecule has 6 heteroatoms. The molecule has 0 radical (unpaired) electrons. The first-order valence-electron chi connectivity index (χ1n) is 8.38. The van der Waals surface area contributed by atoms with Gasteiger partial charge in [0, 0.05) is 12.3 Å². The summed E-state index contributed by atoms with van der Waals surface area (Å²) < 4.78 is 0. The molecule has 0 bridgehead atoms. The predicted octanol–water partition coefficient (Wildman–Crippen LogP) is 2.32. The van der Waals surface area contributed by atoms with Crippen LogP contribution in [-0.2, 0) is 16.0 Å². The molecule has 1 heterocycles. The van der Waals surface area contributed by atoms with Crippen molar-refractivity contribution in [1.29, 1.82) is 0 Å². The number of likely N-dealkylation sites (N-methyl/N-ethyl adjacent to an activating group) is 1. The first-order chi connectivity index (χ1) is 11.6. The fourth-order valence-electron chi connectivity index (χ4n) is 2.92. The number of carbonyl (C=O) groups excluding carboxylic acids is 1. The molecule has 2 unspecified atom stereocenters. The third-order valence-electron chi connectivity index (χ3n) is 4.25. The summed E-state index contributed by atoms with van der Waals surface area (Å²) in [5, 5.41) is 16.0. The van der Waals surface area contributed by atoms with Crippen LogP contribution in [0.25, 0.3) is 0 Å². The Labute approximate surface area is 147 Å². The highest BCUT2D eigenvalue weighted by Gasteiger charge is 2.30. The van der Waals surface area contributed by atoms with Crippen LogP contribution in [0.4, 0.5) is 0 Å². The van der Waals surface area contributed by atoms with Crippen LogP contribution in [0.1, 0.15) is 47.7 Å². The Morgan fingerprint density at radius 1 is 1.46 bits per heavy atom. The smallest absolute Gasteiger partial charge is 0.321 e. The van der Waals surface area contributed by atoms with E-state index in [0.717, 1.165) is 30.1 Å². The van der Waals surface area contributed by atoms with Gasteiger partial charge in [0.2, 0.25) is 0 Å². The largest absolute Gasteiger partial charge is 0.480 e. The molecule has 3 rings (SSSR count). The van der Waals surface area contributed by atoms with E-state index in [9.17, 15) is 9.90 Å². The molecule has 2 atom stereocenters. The van der Waals surface area contributed by atoms with Gasteiger partial charge < -0.3 is 20.5 Å². The number of nitrogens with one attached hydrogen (secondary N) is 2. The zero-order valence-electron chi connectivity index (χ0n) is 14.2. The molecular weight excluding hydrogens is 324 g/mol. The Hall–Kier alpha value is -1.37. The van der Waals surface area contributed by atoms with Crippen molar-refractivity contribution < 1.29 is 14.7 Å². The van der Waals surface area contributed by atoms with Crippen LogP contribution in [0.2, 0.25) is 0 Å². The number of aliphatic carboxylic acids is 1. The van der Waals surface area contributed by atoms with E-state index in [1.54, 1.807) is 7.05 Å². The number of aldehydes is 1. The van der Waals surface area contributed by atoms with E-state index in [-0.39, 0.29) is 0 Å². The van der Waals surface area contributed by atoms with Crippen LogP contribution in [0.3, 0.4) is 0 Å². The Morgan fingerprint density at radius 3 is 2.67 bits per heavy atom. The molecule has 1 saturated heterocycles. The first-order valence-corrected chi connectivity index (χ1v) is 9.43. The number of carboxylic acid groups (broad SMARTS) is 1. The van der Waals surface area contributed by atoms with Crippen molar-refractivity contribution in [2.75, 3.05) is 19.3 Å². The molecule has 0 spiro atoms. The predicted molar refractivity (Wildman–Crippen MR) is 97.5 cm³/mol. The van der Waals surface area contributed by atoms with Gasteiger partial charge in [-0.25, -0.2) is 0 Å². The van der Waals surface area contributed by atoms with Gasteiger partial charge in [-0.05, 0) is 55.8 Å². The average molecular weight is 350 g/mol. The van der Waals surface area contributed by atoms with Crippen LogP contribution in [0.5, 0.6) is 0 Å². The van der Waals surface area contributed by atoms with E-state index in [1.165, 1.54) is 30.9 Å². The molecule has 1 aliphatic carbocycles. The number of rotatable bonds is 6. The van der Waals surface area contributed by atoms with Crippen molar-refractivity contribution >= 4 is 24.0 Å². The van der Waals surface area contributed by atoms with E-state index in [4.69, 9.17) is 4.79 Å². The van der Waals surface area contributed by atoms with Crippen molar-refractivity contribution in [2.24, 2.45) is 0 Å². The van der Waals surface area contributed by atoms with Crippen molar-refractivity contribution in [2.45, 2.75) is 43.5 Å². The SMILES string of the molecule is CC=O.CNC(Cc1ccc(C2CC2)c(C2NCCS2)c1)C(=O)O. The van der Waals surface area contributed by atoms with Gasteiger partial charge in [-0.3, -0.25) is 4.79 Å². The standard InChI is InChI=1S/C16H22N2O2S.C2H4O/c1-17-14(16(19)20)9-10-2-5-12(11-3-4-11)13(8-10)15-18-6-7-21-15;1-2-3/h2,5,8,11,14-15,17-18H,3-4,6-7,9H2,1H3,(H,19,20);2H,1H3. The van der Waals surface area contributed by atoms with Crippen LogP contribution < -0.4 is 10.6 Å². The van der Waals surface area contributed by atoms with E-state index in [2.05, 4.69) is 28.8 Å². The van der Waals surface area contributed by atoms with Crippen LogP contribution in [0, 0.1) is 0 Å². The number of benzene rings is 1. The summed E-state index contributed by atoms with van der Waals surface area (Å²) >= 11 is 1.95. The van der Waals surface area contributed by atoms with Gasteiger partial charge >= 0.3 is 5.97 Å².